The van der Waals surface area contributed by atoms with Crippen LogP contribution < -0.4 is 10.3 Å². The number of hydroxylamine groups is 1. The summed E-state index contributed by atoms with van der Waals surface area (Å²) in [5, 5.41) is 0.580. The molecule has 1 N–H and O–H groups in total. The fourth-order valence-corrected chi connectivity index (χ4v) is 5.62. The molecule has 162 valence electrons. The lowest BCUT2D eigenvalue weighted by Crippen LogP contribution is -2.37. The topological polar surface area (TPSA) is 68.3 Å². The van der Waals surface area contributed by atoms with Crippen molar-refractivity contribution in [2.75, 3.05) is 0 Å². The highest BCUT2D eigenvalue weighted by molar-refractivity contribution is 6.44. The number of allylic oxidation sites excluding steroid dienone is 2. The fourth-order valence-electron chi connectivity index (χ4n) is 5.12. The number of hydrogen-bond donors (Lipinski definition) is 1. The summed E-state index contributed by atoms with van der Waals surface area (Å²) in [6.45, 7) is 3.51. The molecule has 2 unspecified atom stereocenters. The van der Waals surface area contributed by atoms with E-state index in [1.807, 2.05) is 24.3 Å². The lowest BCUT2D eigenvalue weighted by Gasteiger charge is -2.41. The average molecular weight is 459 g/mol. The summed E-state index contributed by atoms with van der Waals surface area (Å²) >= 11 is 13.2. The largest absolute Gasteiger partial charge is 0.378 e. The van der Waals surface area contributed by atoms with E-state index in [4.69, 9.17) is 28.0 Å². The second kappa shape index (κ2) is 8.64. The molecule has 2 aliphatic rings. The third-order valence-corrected chi connectivity index (χ3v) is 7.13. The molecular formula is C24H24Cl2N2O3. The first kappa shape index (κ1) is 21.8. The Labute approximate surface area is 191 Å². The second-order valence-corrected chi connectivity index (χ2v) is 9.09. The molecule has 0 spiro atoms. The van der Waals surface area contributed by atoms with E-state index in [9.17, 15) is 9.59 Å². The Kier molecular flexibility index (Phi) is 6.09. The van der Waals surface area contributed by atoms with Crippen LogP contribution in [0.25, 0.3) is 5.57 Å². The molecule has 0 radical (unpaired) electrons. The van der Waals surface area contributed by atoms with E-state index in [1.165, 1.54) is 6.92 Å². The van der Waals surface area contributed by atoms with Gasteiger partial charge in [-0.2, -0.15) is 5.48 Å². The number of aromatic nitrogens is 1. The number of fused-ring (bicyclic) bond motifs is 3. The Bertz CT molecular complexity index is 1070. The molecule has 0 fully saturated rings. The molecule has 1 heterocycles. The predicted molar refractivity (Wildman–Crippen MR) is 121 cm³/mol. The maximum Gasteiger partial charge on any atom is 0.249 e. The summed E-state index contributed by atoms with van der Waals surface area (Å²) in [6.07, 6.45) is 7.38. The molecular weight excluding hydrogens is 435 g/mol. The van der Waals surface area contributed by atoms with Crippen molar-refractivity contribution in [3.05, 3.63) is 63.4 Å². The van der Waals surface area contributed by atoms with Gasteiger partial charge in [0.05, 0.1) is 5.02 Å². The number of carbonyl (C=O) groups is 2. The van der Waals surface area contributed by atoms with Crippen LogP contribution in [0.4, 0.5) is 0 Å². The Balaban J connectivity index is 1.80. The SMILES string of the molecule is CCCC12Cc3cc(ONC(C)=O)c(Cl)c(Cl)c3C1=CC(=O)CC2Cc1ccccn1. The number of ketones is 1. The van der Waals surface area contributed by atoms with E-state index < -0.39 is 0 Å². The van der Waals surface area contributed by atoms with Crippen LogP contribution >= 0.6 is 23.2 Å². The normalized spacial score (nSPS) is 21.9. The second-order valence-electron chi connectivity index (χ2n) is 8.33. The van der Waals surface area contributed by atoms with Gasteiger partial charge in [0.2, 0.25) is 5.91 Å². The smallest absolute Gasteiger partial charge is 0.249 e. The first-order valence-corrected chi connectivity index (χ1v) is 11.2. The van der Waals surface area contributed by atoms with Gasteiger partial charge in [0.25, 0.3) is 0 Å². The van der Waals surface area contributed by atoms with E-state index in [2.05, 4.69) is 17.4 Å². The third-order valence-electron chi connectivity index (χ3n) is 6.28. The van der Waals surface area contributed by atoms with Gasteiger partial charge in [-0.05, 0) is 60.6 Å². The van der Waals surface area contributed by atoms with Gasteiger partial charge in [0.15, 0.2) is 11.5 Å². The van der Waals surface area contributed by atoms with Crippen molar-refractivity contribution in [3.63, 3.8) is 0 Å². The fraction of sp³-hybridized carbons (Fsp3) is 0.375. The molecule has 4 rings (SSSR count). The van der Waals surface area contributed by atoms with Crippen molar-refractivity contribution in [2.45, 2.75) is 46.0 Å². The van der Waals surface area contributed by atoms with Crippen LogP contribution in [0.15, 0.2) is 36.5 Å². The molecule has 31 heavy (non-hydrogen) atoms. The van der Waals surface area contributed by atoms with Gasteiger partial charge >= 0.3 is 0 Å². The van der Waals surface area contributed by atoms with Crippen LogP contribution in [0.1, 0.15) is 49.9 Å². The van der Waals surface area contributed by atoms with Crippen molar-refractivity contribution < 1.29 is 14.4 Å². The van der Waals surface area contributed by atoms with Crippen LogP contribution in [0.2, 0.25) is 10.0 Å². The molecule has 2 atom stereocenters. The quantitative estimate of drug-likeness (QED) is 0.590. The van der Waals surface area contributed by atoms with Gasteiger partial charge in [-0.25, -0.2) is 0 Å². The molecule has 2 aromatic rings. The number of benzene rings is 1. The number of hydrogen-bond acceptors (Lipinski definition) is 4. The van der Waals surface area contributed by atoms with Crippen molar-refractivity contribution >= 4 is 40.5 Å². The molecule has 2 aliphatic carbocycles. The van der Waals surface area contributed by atoms with Crippen LogP contribution in [-0.4, -0.2) is 16.7 Å². The van der Waals surface area contributed by atoms with Gasteiger partial charge in [-0.1, -0.05) is 42.6 Å². The maximum atomic E-state index is 12.8. The Morgan fingerprint density at radius 3 is 2.81 bits per heavy atom. The number of rotatable bonds is 6. The summed E-state index contributed by atoms with van der Waals surface area (Å²) in [4.78, 5) is 33.9. The van der Waals surface area contributed by atoms with E-state index in [-0.39, 0.29) is 28.0 Å². The lowest BCUT2D eigenvalue weighted by atomic mass is 9.61. The molecule has 1 amide bonds. The Morgan fingerprint density at radius 1 is 1.32 bits per heavy atom. The Morgan fingerprint density at radius 2 is 2.13 bits per heavy atom. The lowest BCUT2D eigenvalue weighted by molar-refractivity contribution is -0.125. The molecule has 0 bridgehead atoms. The van der Waals surface area contributed by atoms with Crippen LogP contribution in [-0.2, 0) is 22.4 Å². The number of nitrogens with zero attached hydrogens (tertiary/aromatic N) is 1. The van der Waals surface area contributed by atoms with E-state index in [1.54, 1.807) is 12.3 Å². The molecule has 0 saturated carbocycles. The first-order chi connectivity index (χ1) is 14.9. The number of halogens is 2. The average Bonchev–Trinajstić information content (AvgIpc) is 3.05. The zero-order chi connectivity index (χ0) is 22.2. The zero-order valence-corrected chi connectivity index (χ0v) is 19.0. The van der Waals surface area contributed by atoms with Crippen molar-refractivity contribution in [3.8, 4) is 5.75 Å². The van der Waals surface area contributed by atoms with Gasteiger partial charge in [-0.15, -0.1) is 0 Å². The minimum absolute atomic E-state index is 0.0984. The predicted octanol–water partition coefficient (Wildman–Crippen LogP) is 5.38. The maximum absolute atomic E-state index is 12.8. The van der Waals surface area contributed by atoms with Crippen molar-refractivity contribution in [1.82, 2.24) is 10.5 Å². The number of carbonyl (C=O) groups excluding carboxylic acids is 2. The van der Waals surface area contributed by atoms with Gasteiger partial charge in [0.1, 0.15) is 5.02 Å². The molecule has 1 aromatic carbocycles. The number of nitrogens with one attached hydrogen (secondary N) is 1. The highest BCUT2D eigenvalue weighted by atomic mass is 35.5. The van der Waals surface area contributed by atoms with Crippen LogP contribution in [0, 0.1) is 11.3 Å². The Hall–Kier alpha value is -2.37. The van der Waals surface area contributed by atoms with Crippen molar-refractivity contribution in [2.24, 2.45) is 11.3 Å². The van der Waals surface area contributed by atoms with E-state index >= 15 is 0 Å². The highest BCUT2D eigenvalue weighted by Crippen LogP contribution is 2.60. The van der Waals surface area contributed by atoms with Gasteiger partial charge in [0, 0.05) is 36.2 Å². The molecule has 0 saturated heterocycles. The van der Waals surface area contributed by atoms with Crippen LogP contribution in [0.5, 0.6) is 5.75 Å². The minimum atomic E-state index is -0.340. The van der Waals surface area contributed by atoms with Crippen LogP contribution in [0.3, 0.4) is 0 Å². The van der Waals surface area contributed by atoms with E-state index in [0.717, 1.165) is 48.1 Å². The molecule has 7 heteroatoms. The van der Waals surface area contributed by atoms with Crippen molar-refractivity contribution in [1.29, 1.82) is 0 Å². The van der Waals surface area contributed by atoms with E-state index in [0.29, 0.717) is 17.2 Å². The zero-order valence-electron chi connectivity index (χ0n) is 17.5. The summed E-state index contributed by atoms with van der Waals surface area (Å²) in [5.41, 5.74) is 5.85. The summed E-state index contributed by atoms with van der Waals surface area (Å²) in [5.74, 6) is 0.171. The first-order valence-electron chi connectivity index (χ1n) is 10.4. The molecule has 1 aromatic heterocycles. The number of amides is 1. The monoisotopic (exact) mass is 458 g/mol. The van der Waals surface area contributed by atoms with Gasteiger partial charge in [-0.3, -0.25) is 14.6 Å². The highest BCUT2D eigenvalue weighted by Gasteiger charge is 2.51. The molecule has 0 aliphatic heterocycles. The summed E-state index contributed by atoms with van der Waals surface area (Å²) in [7, 11) is 0. The minimum Gasteiger partial charge on any atom is -0.378 e. The van der Waals surface area contributed by atoms with Gasteiger partial charge < -0.3 is 4.84 Å². The molecule has 5 nitrogen and oxygen atoms in total. The standard InChI is InChI=1S/C24H24Cl2N2O3/c1-3-7-24-13-15-9-20(31-28-14(2)29)22(25)23(26)21(15)19(24)12-18(30)11-16(24)10-17-6-4-5-8-27-17/h4-6,8-9,12,16H,3,7,10-11,13H2,1-2H3,(H,28,29). The summed E-state index contributed by atoms with van der Waals surface area (Å²) in [6, 6.07) is 7.71. The number of pyridine rings is 1. The summed E-state index contributed by atoms with van der Waals surface area (Å²) < 4.78 is 0. The third kappa shape index (κ3) is 3.97.